The van der Waals surface area contributed by atoms with E-state index in [2.05, 4.69) is 5.32 Å². The van der Waals surface area contributed by atoms with Crippen LogP contribution in [0.4, 0.5) is 5.69 Å². The minimum Gasteiger partial charge on any atom is -0.352 e. The van der Waals surface area contributed by atoms with E-state index >= 15 is 0 Å². The summed E-state index contributed by atoms with van der Waals surface area (Å²) in [6.07, 6.45) is 2.07. The van der Waals surface area contributed by atoms with Gasteiger partial charge in [0.15, 0.2) is 0 Å². The molecule has 0 aliphatic carbocycles. The average Bonchev–Trinajstić information content (AvgIpc) is 2.77. The Hall–Kier alpha value is -2.58. The first-order valence-electron chi connectivity index (χ1n) is 11.4. The fourth-order valence-electron chi connectivity index (χ4n) is 3.73. The smallest absolute Gasteiger partial charge is 0.244 e. The number of carbonyl (C=O) groups excluding carboxylic acids is 2. The number of amides is 2. The average molecular weight is 508 g/mol. The minimum atomic E-state index is -3.76. The maximum atomic E-state index is 13.6. The van der Waals surface area contributed by atoms with Crippen molar-refractivity contribution in [2.24, 2.45) is 0 Å². The van der Waals surface area contributed by atoms with Gasteiger partial charge in [0.25, 0.3) is 0 Å². The lowest BCUT2D eigenvalue weighted by Crippen LogP contribution is -2.53. The van der Waals surface area contributed by atoms with Crippen molar-refractivity contribution in [3.63, 3.8) is 0 Å². The predicted octanol–water partition coefficient (Wildman–Crippen LogP) is 4.00. The molecule has 0 bridgehead atoms. The third kappa shape index (κ3) is 7.46. The lowest BCUT2D eigenvalue weighted by molar-refractivity contribution is -0.140. The number of anilines is 1. The molecule has 0 fully saturated rings. The van der Waals surface area contributed by atoms with Gasteiger partial charge in [-0.25, -0.2) is 8.42 Å². The van der Waals surface area contributed by atoms with Crippen LogP contribution < -0.4 is 9.62 Å². The molecule has 9 heteroatoms. The highest BCUT2D eigenvalue weighted by Crippen LogP contribution is 2.24. The van der Waals surface area contributed by atoms with Crippen molar-refractivity contribution in [2.45, 2.75) is 59.2 Å². The van der Waals surface area contributed by atoms with E-state index in [-0.39, 0.29) is 18.5 Å². The van der Waals surface area contributed by atoms with Crippen LogP contribution in [0.3, 0.4) is 0 Å². The summed E-state index contributed by atoms with van der Waals surface area (Å²) >= 11 is 6.01. The minimum absolute atomic E-state index is 0.0991. The van der Waals surface area contributed by atoms with Gasteiger partial charge in [0.1, 0.15) is 12.6 Å². The van der Waals surface area contributed by atoms with Crippen LogP contribution in [0.2, 0.25) is 5.02 Å². The van der Waals surface area contributed by atoms with Crippen LogP contribution in [0.1, 0.15) is 45.2 Å². The second kappa shape index (κ2) is 12.2. The molecule has 0 saturated heterocycles. The van der Waals surface area contributed by atoms with Gasteiger partial charge in [-0.1, -0.05) is 55.8 Å². The third-order valence-electron chi connectivity index (χ3n) is 5.40. The molecule has 0 unspecified atom stereocenters. The number of carbonyl (C=O) groups is 2. The molecule has 2 aromatic rings. The van der Waals surface area contributed by atoms with Crippen molar-refractivity contribution in [3.05, 3.63) is 64.7 Å². The zero-order chi connectivity index (χ0) is 25.5. The number of rotatable bonds is 11. The van der Waals surface area contributed by atoms with Crippen molar-refractivity contribution in [1.82, 2.24) is 10.2 Å². The number of para-hydroxylation sites is 1. The fourth-order valence-corrected chi connectivity index (χ4v) is 4.74. The topological polar surface area (TPSA) is 86.8 Å². The Morgan fingerprint density at radius 3 is 2.18 bits per heavy atom. The van der Waals surface area contributed by atoms with Gasteiger partial charge in [-0.2, -0.15) is 0 Å². The summed E-state index contributed by atoms with van der Waals surface area (Å²) in [7, 11) is -3.76. The summed E-state index contributed by atoms with van der Waals surface area (Å²) in [4.78, 5) is 28.1. The second-order valence-corrected chi connectivity index (χ2v) is 10.8. The van der Waals surface area contributed by atoms with Crippen LogP contribution in [-0.2, 0) is 32.6 Å². The van der Waals surface area contributed by atoms with Crippen molar-refractivity contribution in [3.8, 4) is 0 Å². The van der Waals surface area contributed by atoms with E-state index in [0.29, 0.717) is 23.6 Å². The molecular formula is C25H34ClN3O4S. The Balaban J connectivity index is 2.47. The third-order valence-corrected chi connectivity index (χ3v) is 6.78. The van der Waals surface area contributed by atoms with Crippen LogP contribution in [-0.4, -0.2) is 50.0 Å². The largest absolute Gasteiger partial charge is 0.352 e. The molecule has 0 aliphatic rings. The molecule has 186 valence electrons. The Kier molecular flexibility index (Phi) is 9.94. The van der Waals surface area contributed by atoms with E-state index < -0.39 is 28.5 Å². The summed E-state index contributed by atoms with van der Waals surface area (Å²) in [5.74, 6) is -0.739. The molecule has 0 aliphatic heterocycles. The lowest BCUT2D eigenvalue weighted by Gasteiger charge is -2.33. The number of hydrogen-bond donors (Lipinski definition) is 1. The van der Waals surface area contributed by atoms with E-state index in [1.165, 1.54) is 4.90 Å². The van der Waals surface area contributed by atoms with Crippen LogP contribution in [0.5, 0.6) is 0 Å². The molecule has 7 nitrogen and oxygen atoms in total. The van der Waals surface area contributed by atoms with Crippen molar-refractivity contribution in [1.29, 1.82) is 0 Å². The number of aryl methyl sites for hydroxylation is 1. The van der Waals surface area contributed by atoms with E-state index in [1.54, 1.807) is 36.4 Å². The summed E-state index contributed by atoms with van der Waals surface area (Å²) in [5, 5.41) is 3.43. The number of halogens is 1. The van der Waals surface area contributed by atoms with E-state index in [0.717, 1.165) is 21.7 Å². The number of benzene rings is 2. The summed E-state index contributed by atoms with van der Waals surface area (Å²) in [6, 6.07) is 13.3. The summed E-state index contributed by atoms with van der Waals surface area (Å²) in [6.45, 7) is 7.19. The molecule has 1 N–H and O–H groups in total. The molecule has 0 radical (unpaired) electrons. The zero-order valence-electron chi connectivity index (χ0n) is 20.4. The Morgan fingerprint density at radius 2 is 1.65 bits per heavy atom. The number of nitrogens with zero attached hydrogens (tertiary/aromatic N) is 2. The Labute approximate surface area is 208 Å². The molecular weight excluding hydrogens is 474 g/mol. The first-order chi connectivity index (χ1) is 16.0. The molecule has 2 rings (SSSR count). The molecule has 0 saturated carbocycles. The normalized spacial score (nSPS) is 12.3. The van der Waals surface area contributed by atoms with Gasteiger partial charge in [0.2, 0.25) is 21.8 Å². The summed E-state index contributed by atoms with van der Waals surface area (Å²) < 4.78 is 26.6. The molecule has 2 amide bonds. The Bertz CT molecular complexity index is 1090. The van der Waals surface area contributed by atoms with Crippen molar-refractivity contribution < 1.29 is 18.0 Å². The van der Waals surface area contributed by atoms with E-state index in [4.69, 9.17) is 11.6 Å². The highest BCUT2D eigenvalue weighted by atomic mass is 35.5. The van der Waals surface area contributed by atoms with Gasteiger partial charge < -0.3 is 10.2 Å². The quantitative estimate of drug-likeness (QED) is 0.498. The second-order valence-electron chi connectivity index (χ2n) is 8.49. The van der Waals surface area contributed by atoms with E-state index in [9.17, 15) is 18.0 Å². The number of hydrogen-bond acceptors (Lipinski definition) is 4. The first kappa shape index (κ1) is 27.7. The molecule has 0 spiro atoms. The van der Waals surface area contributed by atoms with Crippen LogP contribution >= 0.6 is 11.6 Å². The van der Waals surface area contributed by atoms with E-state index in [1.807, 2.05) is 39.8 Å². The van der Waals surface area contributed by atoms with Gasteiger partial charge in [0, 0.05) is 17.6 Å². The highest BCUT2D eigenvalue weighted by Gasteiger charge is 2.32. The summed E-state index contributed by atoms with van der Waals surface area (Å²) in [5.41, 5.74) is 2.06. The maximum absolute atomic E-state index is 13.6. The van der Waals surface area contributed by atoms with Gasteiger partial charge in [-0.15, -0.1) is 0 Å². The molecule has 2 aromatic carbocycles. The van der Waals surface area contributed by atoms with Crippen LogP contribution in [0.15, 0.2) is 48.5 Å². The Morgan fingerprint density at radius 1 is 1.03 bits per heavy atom. The monoisotopic (exact) mass is 507 g/mol. The van der Waals surface area contributed by atoms with Crippen molar-refractivity contribution in [2.75, 3.05) is 17.1 Å². The molecule has 0 aromatic heterocycles. The van der Waals surface area contributed by atoms with Gasteiger partial charge in [-0.3, -0.25) is 13.9 Å². The van der Waals surface area contributed by atoms with Gasteiger partial charge in [-0.05, 0) is 56.0 Å². The van der Waals surface area contributed by atoms with Gasteiger partial charge >= 0.3 is 0 Å². The van der Waals surface area contributed by atoms with Gasteiger partial charge in [0.05, 0.1) is 11.9 Å². The highest BCUT2D eigenvalue weighted by molar-refractivity contribution is 7.92. The lowest BCUT2D eigenvalue weighted by atomic mass is 10.1. The molecule has 34 heavy (non-hydrogen) atoms. The first-order valence-corrected chi connectivity index (χ1v) is 13.6. The standard InChI is InChI=1S/C25H34ClN3O4S/c1-6-20-10-8-9-11-23(20)29(34(5,32)33)17-24(30)28(16-19-12-14-21(26)15-13-19)22(7-2)25(31)27-18(3)4/h8-15,18,22H,6-7,16-17H2,1-5H3,(H,27,31)/t22-/m0/s1. The molecule has 0 heterocycles. The van der Waals surface area contributed by atoms with Crippen LogP contribution in [0.25, 0.3) is 0 Å². The fraction of sp³-hybridized carbons (Fsp3) is 0.440. The van der Waals surface area contributed by atoms with Crippen LogP contribution in [0, 0.1) is 0 Å². The maximum Gasteiger partial charge on any atom is 0.244 e. The number of sulfonamides is 1. The molecule has 1 atom stereocenters. The number of nitrogens with one attached hydrogen (secondary N) is 1. The SMILES string of the molecule is CCc1ccccc1N(CC(=O)N(Cc1ccc(Cl)cc1)[C@@H](CC)C(=O)NC(C)C)S(C)(=O)=O. The zero-order valence-corrected chi connectivity index (χ0v) is 22.0. The van der Waals surface area contributed by atoms with Crippen molar-refractivity contribution >= 4 is 39.1 Å². The predicted molar refractivity (Wildman–Crippen MR) is 137 cm³/mol.